The van der Waals surface area contributed by atoms with E-state index >= 15 is 0 Å². The van der Waals surface area contributed by atoms with Crippen LogP contribution in [0.15, 0.2) is 35.7 Å². The summed E-state index contributed by atoms with van der Waals surface area (Å²) in [6.45, 7) is 7.12. The maximum absolute atomic E-state index is 12.9. The Balaban J connectivity index is 1.72. The molecule has 1 aromatic heterocycles. The second-order valence-electron chi connectivity index (χ2n) is 7.05. The lowest BCUT2D eigenvalue weighted by Gasteiger charge is -2.30. The molecule has 146 valence electrons. The van der Waals surface area contributed by atoms with Crippen LogP contribution in [-0.4, -0.2) is 41.3 Å². The summed E-state index contributed by atoms with van der Waals surface area (Å²) < 4.78 is 28.8. The molecule has 1 aliphatic rings. The first-order valence-electron chi connectivity index (χ1n) is 9.21. The first kappa shape index (κ1) is 19.6. The summed E-state index contributed by atoms with van der Waals surface area (Å²) in [6.07, 6.45) is 4.38. The van der Waals surface area contributed by atoms with E-state index in [1.165, 1.54) is 16.8 Å². The zero-order chi connectivity index (χ0) is 19.6. The highest BCUT2D eigenvalue weighted by atomic mass is 32.2. The molecule has 0 aliphatic carbocycles. The van der Waals surface area contributed by atoms with Crippen LogP contribution in [0.3, 0.4) is 0 Å². The number of carbonyl (C=O) groups excluding carboxylic acids is 1. The molecule has 1 N–H and O–H groups in total. The molecular weight excluding hydrogens is 364 g/mol. The first-order valence-corrected chi connectivity index (χ1v) is 10.7. The van der Waals surface area contributed by atoms with Crippen molar-refractivity contribution < 1.29 is 13.2 Å². The Bertz CT molecular complexity index is 936. The molecule has 0 spiro atoms. The van der Waals surface area contributed by atoms with Gasteiger partial charge in [-0.2, -0.15) is 4.31 Å². The lowest BCUT2D eigenvalue weighted by molar-refractivity contribution is -0.120. The molecule has 1 fully saturated rings. The zero-order valence-corrected chi connectivity index (χ0v) is 16.8. The fraction of sp³-hybridized carbons (Fsp3) is 0.474. The highest BCUT2D eigenvalue weighted by Gasteiger charge is 2.34. The van der Waals surface area contributed by atoms with Crippen LogP contribution in [-0.2, 0) is 21.4 Å². The highest BCUT2D eigenvalue weighted by molar-refractivity contribution is 7.89. The summed E-state index contributed by atoms with van der Waals surface area (Å²) in [5.74, 6) is -0.511. The van der Waals surface area contributed by atoms with Crippen LogP contribution in [0.4, 0.5) is 5.69 Å². The Kier molecular flexibility index (Phi) is 5.67. The Labute approximate surface area is 160 Å². The fourth-order valence-electron chi connectivity index (χ4n) is 3.34. The third-order valence-electron chi connectivity index (χ3n) is 4.97. The van der Waals surface area contributed by atoms with E-state index in [-0.39, 0.29) is 23.4 Å². The molecular formula is C19H26N4O3S. The Hall–Kier alpha value is -2.19. The molecule has 1 amide bonds. The van der Waals surface area contributed by atoms with Crippen molar-refractivity contribution in [1.82, 2.24) is 13.9 Å². The number of rotatable bonds is 5. The van der Waals surface area contributed by atoms with Gasteiger partial charge in [-0.15, -0.1) is 0 Å². The van der Waals surface area contributed by atoms with Crippen molar-refractivity contribution in [2.45, 2.75) is 45.2 Å². The van der Waals surface area contributed by atoms with Crippen molar-refractivity contribution in [3.63, 3.8) is 0 Å². The molecule has 1 aromatic carbocycles. The number of aryl methyl sites for hydroxylation is 3. The van der Waals surface area contributed by atoms with Gasteiger partial charge in [0.25, 0.3) is 10.0 Å². The number of carbonyl (C=O) groups is 1. The second kappa shape index (κ2) is 7.82. The quantitative estimate of drug-likeness (QED) is 0.850. The summed E-state index contributed by atoms with van der Waals surface area (Å²) in [5.41, 5.74) is 2.90. The molecule has 7 nitrogen and oxygen atoms in total. The third kappa shape index (κ3) is 4.22. The minimum Gasteiger partial charge on any atom is -0.336 e. The van der Waals surface area contributed by atoms with Gasteiger partial charge in [-0.3, -0.25) is 4.79 Å². The van der Waals surface area contributed by atoms with Gasteiger partial charge in [0.1, 0.15) is 0 Å². The van der Waals surface area contributed by atoms with E-state index in [9.17, 15) is 13.2 Å². The zero-order valence-electron chi connectivity index (χ0n) is 16.0. The SMILES string of the molecule is CCn1cnc(S(=O)(=O)N2CCC[C@H](C(=O)Nc3ccc(C)cc3C)C2)c1. The van der Waals surface area contributed by atoms with Gasteiger partial charge in [0, 0.05) is 31.5 Å². The number of benzene rings is 1. The van der Waals surface area contributed by atoms with Gasteiger partial charge >= 0.3 is 0 Å². The molecule has 0 saturated carbocycles. The van der Waals surface area contributed by atoms with Crippen LogP contribution < -0.4 is 5.32 Å². The van der Waals surface area contributed by atoms with E-state index in [4.69, 9.17) is 0 Å². The molecule has 8 heteroatoms. The summed E-state index contributed by atoms with van der Waals surface area (Å²) in [4.78, 5) is 16.7. The van der Waals surface area contributed by atoms with Gasteiger partial charge in [-0.1, -0.05) is 17.7 Å². The number of nitrogens with one attached hydrogen (secondary N) is 1. The Morgan fingerprint density at radius 2 is 2.11 bits per heavy atom. The van der Waals surface area contributed by atoms with Crippen molar-refractivity contribution in [1.29, 1.82) is 0 Å². The van der Waals surface area contributed by atoms with E-state index in [0.29, 0.717) is 25.9 Å². The number of sulfonamides is 1. The molecule has 0 radical (unpaired) electrons. The smallest absolute Gasteiger partial charge is 0.262 e. The van der Waals surface area contributed by atoms with E-state index in [1.54, 1.807) is 4.57 Å². The van der Waals surface area contributed by atoms with Gasteiger partial charge in [-0.25, -0.2) is 13.4 Å². The van der Waals surface area contributed by atoms with Crippen LogP contribution >= 0.6 is 0 Å². The molecule has 27 heavy (non-hydrogen) atoms. The van der Waals surface area contributed by atoms with E-state index < -0.39 is 10.0 Å². The van der Waals surface area contributed by atoms with Crippen molar-refractivity contribution >= 4 is 21.6 Å². The van der Waals surface area contributed by atoms with Crippen LogP contribution in [0.2, 0.25) is 0 Å². The standard InChI is InChI=1S/C19H26N4O3S/c1-4-22-12-18(20-13-22)27(25,26)23-9-5-6-16(11-23)19(24)21-17-8-7-14(2)10-15(17)3/h7-8,10,12-13,16H,4-6,9,11H2,1-3H3,(H,21,24)/t16-/m0/s1. The molecule has 2 heterocycles. The maximum atomic E-state index is 12.9. The average molecular weight is 391 g/mol. The van der Waals surface area contributed by atoms with Crippen molar-refractivity contribution in [3.05, 3.63) is 41.9 Å². The van der Waals surface area contributed by atoms with Crippen LogP contribution in [0.1, 0.15) is 30.9 Å². The van der Waals surface area contributed by atoms with Gasteiger partial charge in [0.15, 0.2) is 5.03 Å². The topological polar surface area (TPSA) is 84.3 Å². The number of nitrogens with zero attached hydrogens (tertiary/aromatic N) is 3. The van der Waals surface area contributed by atoms with Crippen molar-refractivity contribution in [2.24, 2.45) is 5.92 Å². The average Bonchev–Trinajstić information content (AvgIpc) is 3.14. The van der Waals surface area contributed by atoms with Crippen LogP contribution in [0.25, 0.3) is 0 Å². The maximum Gasteiger partial charge on any atom is 0.262 e. The number of hydrogen-bond acceptors (Lipinski definition) is 4. The number of aromatic nitrogens is 2. The predicted molar refractivity (Wildman–Crippen MR) is 104 cm³/mol. The third-order valence-corrected chi connectivity index (χ3v) is 6.72. The van der Waals surface area contributed by atoms with E-state index in [2.05, 4.69) is 10.3 Å². The van der Waals surface area contributed by atoms with Gasteiger partial charge in [-0.05, 0) is 45.2 Å². The van der Waals surface area contributed by atoms with Gasteiger partial charge < -0.3 is 9.88 Å². The molecule has 3 rings (SSSR count). The van der Waals surface area contributed by atoms with Crippen molar-refractivity contribution in [3.8, 4) is 0 Å². The molecule has 1 aliphatic heterocycles. The monoisotopic (exact) mass is 390 g/mol. The number of piperidine rings is 1. The molecule has 1 atom stereocenters. The molecule has 0 bridgehead atoms. The van der Waals surface area contributed by atoms with Crippen LogP contribution in [0.5, 0.6) is 0 Å². The lowest BCUT2D eigenvalue weighted by atomic mass is 9.98. The Morgan fingerprint density at radius 1 is 1.33 bits per heavy atom. The number of imidazole rings is 1. The number of hydrogen-bond donors (Lipinski definition) is 1. The summed E-state index contributed by atoms with van der Waals surface area (Å²) >= 11 is 0. The van der Waals surface area contributed by atoms with Crippen molar-refractivity contribution in [2.75, 3.05) is 18.4 Å². The predicted octanol–water partition coefficient (Wildman–Crippen LogP) is 2.56. The summed E-state index contributed by atoms with van der Waals surface area (Å²) in [6, 6.07) is 5.85. The summed E-state index contributed by atoms with van der Waals surface area (Å²) in [7, 11) is -3.68. The van der Waals surface area contributed by atoms with E-state index in [0.717, 1.165) is 16.8 Å². The fourth-order valence-corrected chi connectivity index (χ4v) is 4.80. The minimum absolute atomic E-state index is 0.0415. The minimum atomic E-state index is -3.68. The highest BCUT2D eigenvalue weighted by Crippen LogP contribution is 2.25. The second-order valence-corrected chi connectivity index (χ2v) is 8.94. The van der Waals surface area contributed by atoms with Gasteiger partial charge in [0.2, 0.25) is 5.91 Å². The lowest BCUT2D eigenvalue weighted by Crippen LogP contribution is -2.43. The molecule has 1 saturated heterocycles. The summed E-state index contributed by atoms with van der Waals surface area (Å²) in [5, 5.41) is 2.99. The van der Waals surface area contributed by atoms with E-state index in [1.807, 2.05) is 39.0 Å². The van der Waals surface area contributed by atoms with Gasteiger partial charge in [0.05, 0.1) is 12.2 Å². The number of anilines is 1. The Morgan fingerprint density at radius 3 is 2.78 bits per heavy atom. The molecule has 2 aromatic rings. The normalized spacial score (nSPS) is 18.4. The molecule has 0 unspecified atom stereocenters. The first-order chi connectivity index (χ1) is 12.8. The largest absolute Gasteiger partial charge is 0.336 e. The number of amides is 1. The van der Waals surface area contributed by atoms with Crippen LogP contribution in [0, 0.1) is 19.8 Å².